The first-order valence-corrected chi connectivity index (χ1v) is 13.3. The van der Waals surface area contributed by atoms with Gasteiger partial charge in [-0.05, 0) is 78.3 Å². The van der Waals surface area contributed by atoms with Crippen LogP contribution in [0.1, 0.15) is 78.4 Å². The van der Waals surface area contributed by atoms with E-state index in [0.29, 0.717) is 22.5 Å². The second kappa shape index (κ2) is 10.00. The van der Waals surface area contributed by atoms with Crippen LogP contribution in [0.2, 0.25) is 16.6 Å². The van der Waals surface area contributed by atoms with E-state index < -0.39 is 20.1 Å². The van der Waals surface area contributed by atoms with Crippen molar-refractivity contribution < 1.29 is 17.6 Å². The van der Waals surface area contributed by atoms with Crippen LogP contribution in [0.15, 0.2) is 24.3 Å². The summed E-state index contributed by atoms with van der Waals surface area (Å²) in [7, 11) is -1.81. The Morgan fingerprint density at radius 3 is 1.93 bits per heavy atom. The smallest absolute Gasteiger partial charge is 0.411 e. The van der Waals surface area contributed by atoms with Gasteiger partial charge in [0, 0.05) is 0 Å². The molecule has 29 heavy (non-hydrogen) atoms. The molecule has 1 aliphatic carbocycles. The Morgan fingerprint density at radius 1 is 0.931 bits per heavy atom. The van der Waals surface area contributed by atoms with Gasteiger partial charge in [-0.3, -0.25) is 0 Å². The topological polar surface area (TPSA) is 9.23 Å². The van der Waals surface area contributed by atoms with Crippen LogP contribution >= 0.6 is 0 Å². The molecular formula is C24H38F3OSi. The highest BCUT2D eigenvalue weighted by atomic mass is 28.4. The SMILES string of the molecule is CC(C)[Si](O[CH]CCC1CC1CCc1ccc(C(F)(F)F)cc1)(C(C)C)C(C)C. The molecule has 2 unspecified atom stereocenters. The van der Waals surface area contributed by atoms with E-state index in [4.69, 9.17) is 4.43 Å². The van der Waals surface area contributed by atoms with E-state index in [1.165, 1.54) is 18.6 Å². The number of alkyl halides is 3. The van der Waals surface area contributed by atoms with E-state index in [9.17, 15) is 13.2 Å². The summed E-state index contributed by atoms with van der Waals surface area (Å²) >= 11 is 0. The Hall–Kier alpha value is -0.813. The highest BCUT2D eigenvalue weighted by Gasteiger charge is 2.45. The molecule has 1 nitrogen and oxygen atoms in total. The Morgan fingerprint density at radius 2 is 1.45 bits per heavy atom. The number of hydrogen-bond acceptors (Lipinski definition) is 1. The van der Waals surface area contributed by atoms with Gasteiger partial charge >= 0.3 is 6.18 Å². The molecule has 1 fully saturated rings. The fourth-order valence-electron chi connectivity index (χ4n) is 5.12. The highest BCUT2D eigenvalue weighted by molar-refractivity contribution is 6.77. The third-order valence-electron chi connectivity index (χ3n) is 6.80. The third kappa shape index (κ3) is 6.33. The lowest BCUT2D eigenvalue weighted by atomic mass is 10.0. The van der Waals surface area contributed by atoms with Crippen molar-refractivity contribution in [2.75, 3.05) is 0 Å². The summed E-state index contributed by atoms with van der Waals surface area (Å²) in [6, 6.07) is 5.63. The largest absolute Gasteiger partial charge is 0.416 e. The minimum atomic E-state index is -4.25. The first-order chi connectivity index (χ1) is 13.5. The molecule has 0 spiro atoms. The molecule has 0 amide bonds. The molecule has 0 aromatic heterocycles. The molecule has 1 radical (unpaired) electrons. The fourth-order valence-corrected chi connectivity index (χ4v) is 10.3. The van der Waals surface area contributed by atoms with Gasteiger partial charge in [0.25, 0.3) is 0 Å². The highest BCUT2D eigenvalue weighted by Crippen LogP contribution is 2.46. The number of halogens is 3. The van der Waals surface area contributed by atoms with Crippen LogP contribution in [0.4, 0.5) is 13.2 Å². The van der Waals surface area contributed by atoms with E-state index in [-0.39, 0.29) is 0 Å². The van der Waals surface area contributed by atoms with Crippen molar-refractivity contribution in [3.63, 3.8) is 0 Å². The van der Waals surface area contributed by atoms with Crippen molar-refractivity contribution in [3.05, 3.63) is 42.0 Å². The monoisotopic (exact) mass is 427 g/mol. The average Bonchev–Trinajstić information content (AvgIpc) is 3.37. The van der Waals surface area contributed by atoms with Crippen molar-refractivity contribution in [1.82, 2.24) is 0 Å². The van der Waals surface area contributed by atoms with E-state index >= 15 is 0 Å². The number of rotatable bonds is 11. The molecule has 0 N–H and O–H groups in total. The summed E-state index contributed by atoms with van der Waals surface area (Å²) in [6.45, 7) is 15.9. The van der Waals surface area contributed by atoms with Crippen LogP contribution in [-0.4, -0.2) is 8.32 Å². The molecule has 0 bridgehead atoms. The van der Waals surface area contributed by atoms with Gasteiger partial charge in [-0.15, -0.1) is 0 Å². The summed E-state index contributed by atoms with van der Waals surface area (Å²) in [4.78, 5) is 0. The van der Waals surface area contributed by atoms with Gasteiger partial charge in [0.05, 0.1) is 12.2 Å². The van der Waals surface area contributed by atoms with Crippen LogP contribution in [0.25, 0.3) is 0 Å². The van der Waals surface area contributed by atoms with Crippen molar-refractivity contribution in [2.24, 2.45) is 11.8 Å². The average molecular weight is 428 g/mol. The molecule has 0 saturated heterocycles. The number of hydrogen-bond donors (Lipinski definition) is 0. The lowest BCUT2D eigenvalue weighted by molar-refractivity contribution is -0.137. The molecule has 5 heteroatoms. The van der Waals surface area contributed by atoms with Gasteiger partial charge in [-0.1, -0.05) is 53.7 Å². The van der Waals surface area contributed by atoms with Crippen molar-refractivity contribution in [1.29, 1.82) is 0 Å². The van der Waals surface area contributed by atoms with Crippen LogP contribution in [0, 0.1) is 18.4 Å². The zero-order chi connectivity index (χ0) is 21.8. The van der Waals surface area contributed by atoms with Crippen LogP contribution < -0.4 is 0 Å². The first kappa shape index (κ1) is 24.5. The Kier molecular flexibility index (Phi) is 8.43. The summed E-state index contributed by atoms with van der Waals surface area (Å²) in [6.07, 6.45) is 1.09. The molecule has 2 atom stereocenters. The zero-order valence-electron chi connectivity index (χ0n) is 18.9. The number of benzene rings is 1. The van der Waals surface area contributed by atoms with Crippen molar-refractivity contribution in [2.45, 2.75) is 96.4 Å². The summed E-state index contributed by atoms with van der Waals surface area (Å²) in [5.41, 5.74) is 2.22. The van der Waals surface area contributed by atoms with E-state index in [1.807, 2.05) is 0 Å². The second-order valence-corrected chi connectivity index (χ2v) is 15.1. The van der Waals surface area contributed by atoms with E-state index in [0.717, 1.165) is 37.2 Å². The van der Waals surface area contributed by atoms with Crippen LogP contribution in [-0.2, 0) is 17.0 Å². The maximum Gasteiger partial charge on any atom is 0.416 e. The molecule has 1 aliphatic rings. The minimum absolute atomic E-state index is 0.565. The third-order valence-corrected chi connectivity index (χ3v) is 12.8. The Labute approximate surface area is 176 Å². The quantitative estimate of drug-likeness (QED) is 0.254. The summed E-state index contributed by atoms with van der Waals surface area (Å²) in [5.74, 6) is 1.46. The molecule has 0 aliphatic heterocycles. The van der Waals surface area contributed by atoms with Gasteiger partial charge in [0.1, 0.15) is 0 Å². The molecule has 1 aromatic rings. The molecular weight excluding hydrogens is 389 g/mol. The normalized spacial score (nSPS) is 20.1. The molecule has 0 heterocycles. The summed E-state index contributed by atoms with van der Waals surface area (Å²) in [5, 5.41) is 0. The van der Waals surface area contributed by atoms with Gasteiger partial charge in [-0.25, -0.2) is 0 Å². The lowest BCUT2D eigenvalue weighted by Crippen LogP contribution is -2.47. The predicted octanol–water partition coefficient (Wildman–Crippen LogP) is 8.41. The minimum Gasteiger partial charge on any atom is -0.411 e. The molecule has 1 saturated carbocycles. The maximum atomic E-state index is 12.6. The Balaban J connectivity index is 1.70. The lowest BCUT2D eigenvalue weighted by Gasteiger charge is -2.42. The molecule has 1 aromatic carbocycles. The van der Waals surface area contributed by atoms with Gasteiger partial charge in [0.2, 0.25) is 8.32 Å². The molecule has 165 valence electrons. The zero-order valence-corrected chi connectivity index (χ0v) is 19.9. The van der Waals surface area contributed by atoms with Gasteiger partial charge < -0.3 is 4.43 Å². The molecule has 2 rings (SSSR count). The second-order valence-electron chi connectivity index (χ2n) is 9.67. The van der Waals surface area contributed by atoms with Crippen molar-refractivity contribution in [3.8, 4) is 0 Å². The number of aryl methyl sites for hydroxylation is 1. The Bertz CT molecular complexity index is 600. The maximum absolute atomic E-state index is 12.6. The standard InChI is InChI=1S/C24H38F3OSi/c1-17(2)29(18(3)4,19(5)6)28-15-7-8-21-16-22(21)12-9-20-10-13-23(14-11-20)24(25,26)27/h10-11,13-15,17-19,21-22H,7-9,12,16H2,1-6H3. The van der Waals surface area contributed by atoms with Gasteiger partial charge in [-0.2, -0.15) is 13.2 Å². The summed E-state index contributed by atoms with van der Waals surface area (Å²) < 4.78 is 44.4. The first-order valence-electron chi connectivity index (χ1n) is 11.1. The predicted molar refractivity (Wildman–Crippen MR) is 117 cm³/mol. The van der Waals surface area contributed by atoms with Crippen LogP contribution in [0.3, 0.4) is 0 Å². The van der Waals surface area contributed by atoms with Crippen LogP contribution in [0.5, 0.6) is 0 Å². The van der Waals surface area contributed by atoms with Gasteiger partial charge in [0.15, 0.2) is 0 Å². The van der Waals surface area contributed by atoms with E-state index in [2.05, 4.69) is 48.1 Å². The fraction of sp³-hybridized carbons (Fsp3) is 0.708. The van der Waals surface area contributed by atoms with E-state index in [1.54, 1.807) is 12.1 Å². The van der Waals surface area contributed by atoms with Crippen molar-refractivity contribution >= 4 is 8.32 Å².